The minimum atomic E-state index is -0.480. The third kappa shape index (κ3) is 3.56. The van der Waals surface area contributed by atoms with E-state index in [2.05, 4.69) is 31.4 Å². The lowest BCUT2D eigenvalue weighted by molar-refractivity contribution is -0.122. The smallest absolute Gasteiger partial charge is 0.317 e. The lowest BCUT2D eigenvalue weighted by Crippen LogP contribution is -2.42. The molecule has 2 fully saturated rings. The van der Waals surface area contributed by atoms with Crippen molar-refractivity contribution in [1.29, 1.82) is 0 Å². The number of urea groups is 1. The molecule has 0 radical (unpaired) electrons. The molecule has 1 aromatic heterocycles. The van der Waals surface area contributed by atoms with Gasteiger partial charge < -0.3 is 15.5 Å². The van der Waals surface area contributed by atoms with E-state index in [1.165, 1.54) is 42.7 Å². The third-order valence-electron chi connectivity index (χ3n) is 5.83. The number of hydrogen-bond donors (Lipinski definition) is 2. The molecule has 1 saturated heterocycles. The van der Waals surface area contributed by atoms with Crippen molar-refractivity contribution in [3.05, 3.63) is 17.5 Å². The van der Waals surface area contributed by atoms with Gasteiger partial charge in [-0.05, 0) is 18.9 Å². The quantitative estimate of drug-likeness (QED) is 0.827. The molecule has 3 heterocycles. The molecule has 1 aromatic rings. The van der Waals surface area contributed by atoms with Crippen molar-refractivity contribution in [2.75, 3.05) is 20.1 Å². The molecular formula is C18H28N6O2. The maximum absolute atomic E-state index is 12.2. The summed E-state index contributed by atoms with van der Waals surface area (Å²) in [6, 6.07) is 2.14. The van der Waals surface area contributed by atoms with E-state index < -0.39 is 6.04 Å². The summed E-state index contributed by atoms with van der Waals surface area (Å²) in [6.45, 7) is 3.74. The highest BCUT2D eigenvalue weighted by Crippen LogP contribution is 2.26. The van der Waals surface area contributed by atoms with E-state index in [9.17, 15) is 9.59 Å². The summed E-state index contributed by atoms with van der Waals surface area (Å²) in [7, 11) is 1.68. The Hall–Kier alpha value is -2.09. The number of nitrogens with one attached hydrogen (secondary N) is 2. The molecule has 142 valence electrons. The van der Waals surface area contributed by atoms with Crippen molar-refractivity contribution < 1.29 is 9.59 Å². The van der Waals surface area contributed by atoms with E-state index in [1.54, 1.807) is 7.05 Å². The highest BCUT2D eigenvalue weighted by atomic mass is 16.2. The van der Waals surface area contributed by atoms with Crippen LogP contribution < -0.4 is 10.6 Å². The van der Waals surface area contributed by atoms with Crippen LogP contribution in [0.25, 0.3) is 0 Å². The van der Waals surface area contributed by atoms with Gasteiger partial charge in [0, 0.05) is 26.2 Å². The molecular weight excluding hydrogens is 332 g/mol. The number of carbonyl (C=O) groups is 2. The summed E-state index contributed by atoms with van der Waals surface area (Å²) >= 11 is 0. The average Bonchev–Trinajstić information content (AvgIpc) is 3.22. The predicted molar refractivity (Wildman–Crippen MR) is 96.3 cm³/mol. The second kappa shape index (κ2) is 7.26. The molecule has 1 unspecified atom stereocenters. The maximum Gasteiger partial charge on any atom is 0.317 e. The number of carbonyl (C=O) groups excluding carboxylic acids is 2. The molecule has 2 aliphatic heterocycles. The van der Waals surface area contributed by atoms with Crippen LogP contribution in [0.2, 0.25) is 0 Å². The number of nitrogens with zero attached hydrogens (tertiary/aromatic N) is 4. The number of rotatable bonds is 4. The number of hydrogen-bond acceptors (Lipinski definition) is 4. The van der Waals surface area contributed by atoms with Crippen molar-refractivity contribution in [2.24, 2.45) is 0 Å². The summed E-state index contributed by atoms with van der Waals surface area (Å²) in [5, 5.41) is 10.2. The molecule has 8 heteroatoms. The average molecular weight is 360 g/mol. The van der Waals surface area contributed by atoms with E-state index >= 15 is 0 Å². The van der Waals surface area contributed by atoms with Gasteiger partial charge in [0.05, 0.1) is 31.0 Å². The van der Waals surface area contributed by atoms with E-state index in [0.29, 0.717) is 13.1 Å². The minimum Gasteiger partial charge on any atom is -0.349 e. The summed E-state index contributed by atoms with van der Waals surface area (Å²) in [5.74, 6) is -0.155. The van der Waals surface area contributed by atoms with Crippen molar-refractivity contribution in [2.45, 2.75) is 63.8 Å². The Kier molecular flexibility index (Phi) is 4.84. The molecule has 0 spiro atoms. The number of aromatic nitrogens is 2. The zero-order valence-corrected chi connectivity index (χ0v) is 15.4. The second-order valence-corrected chi connectivity index (χ2v) is 7.71. The molecule has 0 aromatic carbocycles. The fourth-order valence-corrected chi connectivity index (χ4v) is 4.30. The lowest BCUT2D eigenvalue weighted by Gasteiger charge is -2.36. The van der Waals surface area contributed by atoms with Crippen molar-refractivity contribution in [3.8, 4) is 0 Å². The van der Waals surface area contributed by atoms with Gasteiger partial charge in [0.15, 0.2) is 0 Å². The van der Waals surface area contributed by atoms with Crippen molar-refractivity contribution in [3.63, 3.8) is 0 Å². The van der Waals surface area contributed by atoms with Crippen LogP contribution in [0.15, 0.2) is 6.07 Å². The van der Waals surface area contributed by atoms with Crippen molar-refractivity contribution in [1.82, 2.24) is 30.2 Å². The van der Waals surface area contributed by atoms with Gasteiger partial charge in [-0.3, -0.25) is 14.4 Å². The topological polar surface area (TPSA) is 82.5 Å². The minimum absolute atomic E-state index is 0.155. The van der Waals surface area contributed by atoms with Crippen LogP contribution in [0.3, 0.4) is 0 Å². The highest BCUT2D eigenvalue weighted by Gasteiger charge is 2.31. The van der Waals surface area contributed by atoms with Crippen molar-refractivity contribution >= 4 is 11.9 Å². The van der Waals surface area contributed by atoms with Gasteiger partial charge in [0.2, 0.25) is 5.91 Å². The van der Waals surface area contributed by atoms with Gasteiger partial charge in [0.1, 0.15) is 6.04 Å². The molecule has 1 atom stereocenters. The van der Waals surface area contributed by atoms with Gasteiger partial charge >= 0.3 is 6.03 Å². The Bertz CT molecular complexity index is 681. The third-order valence-corrected chi connectivity index (χ3v) is 5.83. The lowest BCUT2D eigenvalue weighted by atomic mass is 9.94. The van der Waals surface area contributed by atoms with E-state index in [-0.39, 0.29) is 11.9 Å². The van der Waals surface area contributed by atoms with E-state index in [0.717, 1.165) is 31.4 Å². The fraction of sp³-hybridized carbons (Fsp3) is 0.722. The van der Waals surface area contributed by atoms with Crippen LogP contribution in [-0.4, -0.2) is 63.7 Å². The monoisotopic (exact) mass is 360 g/mol. The Morgan fingerprint density at radius 3 is 2.85 bits per heavy atom. The molecule has 1 aliphatic carbocycles. The normalized spacial score (nSPS) is 24.4. The van der Waals surface area contributed by atoms with Crippen LogP contribution in [0.4, 0.5) is 4.79 Å². The molecule has 1 saturated carbocycles. The highest BCUT2D eigenvalue weighted by molar-refractivity contribution is 5.90. The first-order valence-corrected chi connectivity index (χ1v) is 9.69. The van der Waals surface area contributed by atoms with Gasteiger partial charge in [-0.2, -0.15) is 5.10 Å². The zero-order chi connectivity index (χ0) is 18.1. The first-order valence-electron chi connectivity index (χ1n) is 9.69. The van der Waals surface area contributed by atoms with E-state index in [1.807, 2.05) is 0 Å². The van der Waals surface area contributed by atoms with Gasteiger partial charge in [-0.15, -0.1) is 0 Å². The standard InChI is InChI=1S/C18H28N6O2/c1-22-12-16(20-18(22)26)17(25)19-10-13-9-15-11-23(7-8-24(15)21-13)14-5-3-2-4-6-14/h9,14,16H,2-8,10-12H2,1H3,(H,19,25)(H,20,26). The van der Waals surface area contributed by atoms with Crippen LogP contribution in [0.1, 0.15) is 43.5 Å². The number of amides is 3. The van der Waals surface area contributed by atoms with Crippen LogP contribution in [0, 0.1) is 0 Å². The molecule has 0 bridgehead atoms. The Balaban J connectivity index is 1.32. The largest absolute Gasteiger partial charge is 0.349 e. The Labute approximate surface area is 153 Å². The molecule has 26 heavy (non-hydrogen) atoms. The molecule has 3 aliphatic rings. The molecule has 3 amide bonds. The molecule has 2 N–H and O–H groups in total. The summed E-state index contributed by atoms with van der Waals surface area (Å²) < 4.78 is 2.08. The Morgan fingerprint density at radius 1 is 1.31 bits per heavy atom. The van der Waals surface area contributed by atoms with Crippen LogP contribution in [0.5, 0.6) is 0 Å². The molecule has 8 nitrogen and oxygen atoms in total. The first-order chi connectivity index (χ1) is 12.6. The fourth-order valence-electron chi connectivity index (χ4n) is 4.30. The van der Waals surface area contributed by atoms with Gasteiger partial charge in [-0.1, -0.05) is 19.3 Å². The number of likely N-dealkylation sites (N-methyl/N-ethyl adjacent to an activating group) is 1. The summed E-state index contributed by atoms with van der Waals surface area (Å²) in [6.07, 6.45) is 6.72. The summed E-state index contributed by atoms with van der Waals surface area (Å²) in [5.41, 5.74) is 2.12. The molecule has 4 rings (SSSR count). The van der Waals surface area contributed by atoms with E-state index in [4.69, 9.17) is 0 Å². The Morgan fingerprint density at radius 2 is 2.12 bits per heavy atom. The maximum atomic E-state index is 12.2. The predicted octanol–water partition coefficient (Wildman–Crippen LogP) is 0.671. The SMILES string of the molecule is CN1CC(C(=O)NCc2cc3n(n2)CCN(C2CCCCC2)C3)NC1=O. The second-order valence-electron chi connectivity index (χ2n) is 7.71. The van der Waals surface area contributed by atoms with Gasteiger partial charge in [-0.25, -0.2) is 4.79 Å². The van der Waals surface area contributed by atoms with Crippen LogP contribution in [-0.2, 0) is 24.4 Å². The first kappa shape index (κ1) is 17.3. The van der Waals surface area contributed by atoms with Gasteiger partial charge in [0.25, 0.3) is 0 Å². The number of fused-ring (bicyclic) bond motifs is 1. The van der Waals surface area contributed by atoms with Crippen LogP contribution >= 0.6 is 0 Å². The summed E-state index contributed by atoms with van der Waals surface area (Å²) in [4.78, 5) is 27.8. The zero-order valence-electron chi connectivity index (χ0n) is 15.4.